The van der Waals surface area contributed by atoms with Gasteiger partial charge in [-0.15, -0.1) is 0 Å². The van der Waals surface area contributed by atoms with Crippen LogP contribution in [0.4, 0.5) is 4.39 Å². The zero-order valence-electron chi connectivity index (χ0n) is 9.78. The predicted molar refractivity (Wildman–Crippen MR) is 62.1 cm³/mol. The third kappa shape index (κ3) is 2.64. The van der Waals surface area contributed by atoms with Gasteiger partial charge < -0.3 is 10.1 Å². The van der Waals surface area contributed by atoms with Gasteiger partial charge in [-0.1, -0.05) is 12.1 Å². The van der Waals surface area contributed by atoms with Gasteiger partial charge in [0.05, 0.1) is 13.0 Å². The van der Waals surface area contributed by atoms with Gasteiger partial charge in [-0.2, -0.15) is 0 Å². The maximum absolute atomic E-state index is 13.2. The summed E-state index contributed by atoms with van der Waals surface area (Å²) in [6, 6.07) is 6.44. The molecule has 2 rings (SSSR count). The summed E-state index contributed by atoms with van der Waals surface area (Å²) in [6.07, 6.45) is 0.730. The molecular formula is C13H16FNO2. The van der Waals surface area contributed by atoms with Crippen LogP contribution < -0.4 is 5.32 Å². The molecule has 0 bridgehead atoms. The van der Waals surface area contributed by atoms with Crippen LogP contribution in [0, 0.1) is 11.7 Å². The molecule has 0 aromatic heterocycles. The van der Waals surface area contributed by atoms with Crippen LogP contribution in [0.1, 0.15) is 17.9 Å². The number of hydrogen-bond donors (Lipinski definition) is 1. The van der Waals surface area contributed by atoms with E-state index in [1.165, 1.54) is 19.2 Å². The van der Waals surface area contributed by atoms with E-state index in [2.05, 4.69) is 5.32 Å². The third-order valence-corrected chi connectivity index (χ3v) is 3.26. The van der Waals surface area contributed by atoms with Crippen LogP contribution >= 0.6 is 0 Å². The molecule has 1 aromatic rings. The van der Waals surface area contributed by atoms with Crippen molar-refractivity contribution in [1.29, 1.82) is 0 Å². The Bertz CT molecular complexity index is 408. The maximum Gasteiger partial charge on any atom is 0.309 e. The highest BCUT2D eigenvalue weighted by Crippen LogP contribution is 2.30. The Kier molecular flexibility index (Phi) is 3.74. The summed E-state index contributed by atoms with van der Waals surface area (Å²) < 4.78 is 18.0. The normalized spacial score (nSPS) is 24.4. The Labute approximate surface area is 100.0 Å². The highest BCUT2D eigenvalue weighted by atomic mass is 19.1. The number of esters is 1. The first kappa shape index (κ1) is 12.0. The van der Waals surface area contributed by atoms with E-state index >= 15 is 0 Å². The number of methoxy groups -OCH3 is 1. The average Bonchev–Trinajstić information content (AvgIpc) is 2.38. The van der Waals surface area contributed by atoms with Crippen molar-refractivity contribution in [2.75, 3.05) is 20.2 Å². The van der Waals surface area contributed by atoms with Crippen molar-refractivity contribution in [2.45, 2.75) is 12.3 Å². The van der Waals surface area contributed by atoms with Crippen LogP contribution in [0.25, 0.3) is 0 Å². The molecule has 92 valence electrons. The zero-order valence-corrected chi connectivity index (χ0v) is 9.78. The van der Waals surface area contributed by atoms with E-state index in [4.69, 9.17) is 4.74 Å². The van der Waals surface area contributed by atoms with E-state index in [-0.39, 0.29) is 23.6 Å². The van der Waals surface area contributed by atoms with Crippen LogP contribution in [0.15, 0.2) is 24.3 Å². The van der Waals surface area contributed by atoms with E-state index in [0.717, 1.165) is 18.5 Å². The smallest absolute Gasteiger partial charge is 0.309 e. The topological polar surface area (TPSA) is 38.3 Å². The first-order valence-corrected chi connectivity index (χ1v) is 5.76. The molecule has 4 heteroatoms. The molecule has 0 amide bonds. The van der Waals surface area contributed by atoms with Gasteiger partial charge in [-0.05, 0) is 30.7 Å². The van der Waals surface area contributed by atoms with Gasteiger partial charge in [0, 0.05) is 12.5 Å². The second kappa shape index (κ2) is 5.27. The Morgan fingerprint density at radius 2 is 2.35 bits per heavy atom. The van der Waals surface area contributed by atoms with Gasteiger partial charge in [-0.3, -0.25) is 4.79 Å². The summed E-state index contributed by atoms with van der Waals surface area (Å²) in [6.45, 7) is 1.48. The quantitative estimate of drug-likeness (QED) is 0.795. The van der Waals surface area contributed by atoms with Crippen molar-refractivity contribution < 1.29 is 13.9 Å². The minimum atomic E-state index is -0.267. The molecule has 1 aliphatic heterocycles. The average molecular weight is 237 g/mol. The number of hydrogen-bond acceptors (Lipinski definition) is 3. The molecule has 1 aromatic carbocycles. The molecule has 0 unspecified atom stereocenters. The number of rotatable bonds is 2. The zero-order chi connectivity index (χ0) is 12.3. The van der Waals surface area contributed by atoms with E-state index in [1.807, 2.05) is 6.07 Å². The van der Waals surface area contributed by atoms with Crippen molar-refractivity contribution in [3.8, 4) is 0 Å². The highest BCUT2D eigenvalue weighted by molar-refractivity contribution is 5.73. The van der Waals surface area contributed by atoms with Gasteiger partial charge in [-0.25, -0.2) is 4.39 Å². The summed E-state index contributed by atoms with van der Waals surface area (Å²) in [5.41, 5.74) is 0.854. The number of halogens is 1. The fraction of sp³-hybridized carbons (Fsp3) is 0.462. The van der Waals surface area contributed by atoms with Crippen molar-refractivity contribution >= 4 is 5.97 Å². The molecule has 17 heavy (non-hydrogen) atoms. The van der Waals surface area contributed by atoms with E-state index in [0.29, 0.717) is 6.54 Å². The van der Waals surface area contributed by atoms with Gasteiger partial charge >= 0.3 is 5.97 Å². The molecule has 1 fully saturated rings. The number of benzene rings is 1. The molecule has 0 saturated carbocycles. The van der Waals surface area contributed by atoms with Gasteiger partial charge in [0.25, 0.3) is 0 Å². The molecule has 0 aliphatic carbocycles. The van der Waals surface area contributed by atoms with Gasteiger partial charge in [0.1, 0.15) is 5.82 Å². The van der Waals surface area contributed by atoms with Crippen LogP contribution in [0.3, 0.4) is 0 Å². The monoisotopic (exact) mass is 237 g/mol. The van der Waals surface area contributed by atoms with Crippen molar-refractivity contribution in [3.05, 3.63) is 35.6 Å². The summed E-state index contributed by atoms with van der Waals surface area (Å²) in [5, 5.41) is 3.23. The van der Waals surface area contributed by atoms with Crippen molar-refractivity contribution in [2.24, 2.45) is 5.92 Å². The lowest BCUT2D eigenvalue weighted by Gasteiger charge is -2.30. The molecule has 3 nitrogen and oxygen atoms in total. The second-order valence-electron chi connectivity index (χ2n) is 4.28. The molecule has 0 radical (unpaired) electrons. The Hall–Kier alpha value is -1.42. The standard InChI is InChI=1S/C13H16FNO2/c1-17-13(16)11-5-6-15-8-12(11)9-3-2-4-10(14)7-9/h2-4,7,11-12,15H,5-6,8H2,1H3/t11-,12-/m0/s1. The van der Waals surface area contributed by atoms with E-state index in [9.17, 15) is 9.18 Å². The van der Waals surface area contributed by atoms with Gasteiger partial charge in [0.15, 0.2) is 0 Å². The lowest BCUT2D eigenvalue weighted by atomic mass is 9.81. The summed E-state index contributed by atoms with van der Waals surface area (Å²) >= 11 is 0. The van der Waals surface area contributed by atoms with Crippen LogP contribution in [-0.4, -0.2) is 26.2 Å². The molecule has 0 spiro atoms. The largest absolute Gasteiger partial charge is 0.469 e. The number of carbonyl (C=O) groups excluding carboxylic acids is 1. The molecule has 2 atom stereocenters. The predicted octanol–water partition coefficient (Wildman–Crippen LogP) is 1.69. The molecule has 1 saturated heterocycles. The summed E-state index contributed by atoms with van der Waals surface area (Å²) in [4.78, 5) is 11.7. The summed E-state index contributed by atoms with van der Waals surface area (Å²) in [5.74, 6) is -0.660. The van der Waals surface area contributed by atoms with Crippen LogP contribution in [-0.2, 0) is 9.53 Å². The van der Waals surface area contributed by atoms with E-state index < -0.39 is 0 Å². The minimum absolute atomic E-state index is 0.00750. The van der Waals surface area contributed by atoms with Crippen molar-refractivity contribution in [3.63, 3.8) is 0 Å². The number of nitrogens with one attached hydrogen (secondary N) is 1. The maximum atomic E-state index is 13.2. The lowest BCUT2D eigenvalue weighted by molar-refractivity contribution is -0.147. The minimum Gasteiger partial charge on any atom is -0.469 e. The molecular weight excluding hydrogens is 221 g/mol. The second-order valence-corrected chi connectivity index (χ2v) is 4.28. The third-order valence-electron chi connectivity index (χ3n) is 3.26. The first-order valence-electron chi connectivity index (χ1n) is 5.76. The molecule has 1 heterocycles. The molecule has 1 aliphatic rings. The number of carbonyl (C=O) groups is 1. The van der Waals surface area contributed by atoms with Crippen LogP contribution in [0.2, 0.25) is 0 Å². The van der Waals surface area contributed by atoms with Gasteiger partial charge in [0.2, 0.25) is 0 Å². The fourth-order valence-electron chi connectivity index (χ4n) is 2.38. The number of piperidine rings is 1. The van der Waals surface area contributed by atoms with Crippen LogP contribution in [0.5, 0.6) is 0 Å². The summed E-state index contributed by atoms with van der Waals surface area (Å²) in [7, 11) is 1.40. The Morgan fingerprint density at radius 3 is 3.06 bits per heavy atom. The Morgan fingerprint density at radius 1 is 1.53 bits per heavy atom. The first-order chi connectivity index (χ1) is 8.22. The highest BCUT2D eigenvalue weighted by Gasteiger charge is 2.32. The number of ether oxygens (including phenoxy) is 1. The lowest BCUT2D eigenvalue weighted by Crippen LogP contribution is -2.39. The van der Waals surface area contributed by atoms with E-state index in [1.54, 1.807) is 6.07 Å². The fourth-order valence-corrected chi connectivity index (χ4v) is 2.38. The molecule has 1 N–H and O–H groups in total. The SMILES string of the molecule is COC(=O)[C@H]1CCNC[C@H]1c1cccc(F)c1. The Balaban J connectivity index is 2.24. The van der Waals surface area contributed by atoms with Crippen molar-refractivity contribution in [1.82, 2.24) is 5.32 Å².